The molecule has 67 heavy (non-hydrogen) atoms. The predicted molar refractivity (Wildman–Crippen MR) is 250 cm³/mol. The number of ether oxygens (including phenoxy) is 3. The first-order valence-electron chi connectivity index (χ1n) is 22.2. The van der Waals surface area contributed by atoms with Gasteiger partial charge in [0.2, 0.25) is 29.6 Å². The van der Waals surface area contributed by atoms with Crippen molar-refractivity contribution in [1.29, 1.82) is 0 Å². The molecule has 0 bridgehead atoms. The number of hydrogen-bond acceptors (Lipinski definition) is 13. The van der Waals surface area contributed by atoms with Crippen LogP contribution in [-0.4, -0.2) is 126 Å². The lowest BCUT2D eigenvalue weighted by Crippen LogP contribution is -2.43. The summed E-state index contributed by atoms with van der Waals surface area (Å²) < 4.78 is 25.5. The van der Waals surface area contributed by atoms with Crippen LogP contribution in [0.2, 0.25) is 0 Å². The summed E-state index contributed by atoms with van der Waals surface area (Å²) in [5, 5.41) is 17.8. The fourth-order valence-corrected chi connectivity index (χ4v) is 8.91. The Labute approximate surface area is 392 Å². The lowest BCUT2D eigenvalue weighted by molar-refractivity contribution is -0.123. The van der Waals surface area contributed by atoms with E-state index in [0.29, 0.717) is 126 Å². The summed E-state index contributed by atoms with van der Waals surface area (Å²) >= 11 is 3.52. The number of primary amides is 2. The average molecular weight is 986 g/mol. The first-order valence-corrected chi connectivity index (χ1v) is 23.0. The number of benzene rings is 2. The Kier molecular flexibility index (Phi) is 13.9. The molecular weight excluding hydrogens is 932 g/mol. The molecule has 354 valence electrons. The molecule has 6 aromatic rings. The summed E-state index contributed by atoms with van der Waals surface area (Å²) in [4.78, 5) is 77.1. The maximum absolute atomic E-state index is 14.0. The van der Waals surface area contributed by atoms with Crippen LogP contribution in [0.3, 0.4) is 0 Å². The molecule has 2 aromatic carbocycles. The molecular formula is C44H53BrN14O8. The van der Waals surface area contributed by atoms with Crippen LogP contribution in [-0.2, 0) is 29.2 Å². The molecule has 2 aliphatic rings. The zero-order valence-corrected chi connectivity index (χ0v) is 39.3. The van der Waals surface area contributed by atoms with Crippen LogP contribution in [0, 0.1) is 13.8 Å². The Balaban J connectivity index is 1.09. The number of fused-ring (bicyclic) bond motifs is 1. The molecule has 1 fully saturated rings. The van der Waals surface area contributed by atoms with E-state index in [2.05, 4.69) is 42.1 Å². The number of morpholine rings is 1. The Morgan fingerprint density at radius 2 is 1.54 bits per heavy atom. The van der Waals surface area contributed by atoms with Crippen molar-refractivity contribution in [1.82, 2.24) is 48.9 Å². The number of aryl methyl sites for hydroxylation is 5. The van der Waals surface area contributed by atoms with Crippen LogP contribution >= 0.6 is 15.9 Å². The van der Waals surface area contributed by atoms with Gasteiger partial charge in [-0.15, -0.1) is 0 Å². The fourth-order valence-electron chi connectivity index (χ4n) is 8.45. The van der Waals surface area contributed by atoms with E-state index in [-0.39, 0.29) is 61.3 Å². The van der Waals surface area contributed by atoms with Gasteiger partial charge in [0.25, 0.3) is 11.8 Å². The van der Waals surface area contributed by atoms with Gasteiger partial charge in [-0.05, 0) is 93.2 Å². The number of nitrogens with two attached hydrogens (primary N) is 2. The molecule has 8 rings (SSSR count). The second-order valence-electron chi connectivity index (χ2n) is 16.3. The minimum Gasteiger partial charge on any atom is -0.491 e. The highest BCUT2D eigenvalue weighted by molar-refractivity contribution is 9.10. The number of anilines is 2. The van der Waals surface area contributed by atoms with Crippen LogP contribution in [0.4, 0.5) is 11.9 Å². The van der Waals surface area contributed by atoms with E-state index < -0.39 is 23.6 Å². The molecule has 6 heterocycles. The highest BCUT2D eigenvalue weighted by Gasteiger charge is 2.31. The number of imidazole rings is 2. The average Bonchev–Trinajstić information content (AvgIpc) is 4.05. The Bertz CT molecular complexity index is 2890. The van der Waals surface area contributed by atoms with Gasteiger partial charge in [0.1, 0.15) is 40.5 Å². The van der Waals surface area contributed by atoms with Crippen molar-refractivity contribution >= 4 is 79.4 Å². The zero-order chi connectivity index (χ0) is 47.5. The minimum atomic E-state index is -0.693. The molecule has 1 atom stereocenters. The third-order valence-electron chi connectivity index (χ3n) is 11.7. The number of carbonyl (C=O) groups is 5. The maximum Gasteiger partial charge on any atom is 0.277 e. The first-order chi connectivity index (χ1) is 32.2. The van der Waals surface area contributed by atoms with E-state index in [1.54, 1.807) is 53.5 Å². The van der Waals surface area contributed by atoms with E-state index >= 15 is 0 Å². The Hall–Kier alpha value is -6.85. The molecule has 4 aromatic heterocycles. The molecule has 5 amide bonds. The summed E-state index contributed by atoms with van der Waals surface area (Å²) in [5.41, 5.74) is 15.7. The van der Waals surface area contributed by atoms with Gasteiger partial charge in [-0.25, -0.2) is 9.97 Å². The summed E-state index contributed by atoms with van der Waals surface area (Å²) in [6.45, 7) is 12.1. The van der Waals surface area contributed by atoms with Gasteiger partial charge >= 0.3 is 0 Å². The number of aromatic nitrogens is 8. The molecule has 7 N–H and O–H groups in total. The van der Waals surface area contributed by atoms with Crippen molar-refractivity contribution in [3.8, 4) is 11.5 Å². The number of hydrogen-bond donors (Lipinski definition) is 5. The van der Waals surface area contributed by atoms with E-state index in [9.17, 15) is 24.0 Å². The number of nitrogens with one attached hydrogen (secondary N) is 3. The summed E-state index contributed by atoms with van der Waals surface area (Å²) in [7, 11) is 0. The lowest BCUT2D eigenvalue weighted by Gasteiger charge is -2.27. The third-order valence-corrected chi connectivity index (χ3v) is 12.6. The minimum absolute atomic E-state index is 0.0987. The van der Waals surface area contributed by atoms with Gasteiger partial charge in [-0.1, -0.05) is 0 Å². The quantitative estimate of drug-likeness (QED) is 0.0728. The van der Waals surface area contributed by atoms with Crippen molar-refractivity contribution in [2.75, 3.05) is 63.2 Å². The highest BCUT2D eigenvalue weighted by atomic mass is 79.9. The summed E-state index contributed by atoms with van der Waals surface area (Å²) in [6.07, 6.45) is 1.39. The van der Waals surface area contributed by atoms with Crippen molar-refractivity contribution in [3.05, 3.63) is 68.7 Å². The number of rotatable bonds is 19. The van der Waals surface area contributed by atoms with Crippen LogP contribution in [0.15, 0.2) is 34.8 Å². The zero-order valence-electron chi connectivity index (χ0n) is 37.7. The second kappa shape index (κ2) is 19.9. The highest BCUT2D eigenvalue weighted by Crippen LogP contribution is 2.39. The molecule has 23 heteroatoms. The SMILES string of the molecule is CCn1nc(C)cc1C(=O)Nc1nc2cc(C(N)=O)cc(OCCCNC(=O)CN3CCOCC3)c2n1CCC[C@H]1COc2cc(C(N)=O)cc3nc(NC(=O)c4c(Br)c(C)nn4CC)n1c23. The normalized spacial score (nSPS) is 14.9. The molecule has 0 unspecified atom stereocenters. The van der Waals surface area contributed by atoms with Crippen molar-refractivity contribution in [2.45, 2.75) is 72.6 Å². The van der Waals surface area contributed by atoms with Crippen molar-refractivity contribution in [3.63, 3.8) is 0 Å². The van der Waals surface area contributed by atoms with Gasteiger partial charge in [0.15, 0.2) is 0 Å². The number of amides is 5. The molecule has 0 aliphatic carbocycles. The second-order valence-corrected chi connectivity index (χ2v) is 17.1. The van der Waals surface area contributed by atoms with E-state index in [4.69, 9.17) is 35.6 Å². The predicted octanol–water partition coefficient (Wildman–Crippen LogP) is 3.53. The van der Waals surface area contributed by atoms with Gasteiger partial charge in [-0.3, -0.25) is 48.9 Å². The molecule has 0 radical (unpaired) electrons. The van der Waals surface area contributed by atoms with E-state index in [1.807, 2.05) is 27.9 Å². The van der Waals surface area contributed by atoms with Crippen LogP contribution in [0.1, 0.15) is 92.2 Å². The standard InChI is InChI=1S/C44H53BrN14O8/c1-5-57-31(17-24(3)53-57)41(63)51-43-49-29-18-26(39(46)61)20-32(66-14-8-10-48-34(60)22-55-12-15-65-16-13-55)36(29)56(43)11-7-9-28-23-67-33-21-27(40(47)62)19-30-37(33)59(28)44(50-30)52-42(64)38-35(45)25(4)54-58(38)6-2/h17-21,28H,5-16,22-23H2,1-4H3,(H2,46,61)(H2,47,62)(H,48,60)(H,49,51,63)(H,50,52,64)/t28-/m0/s1. The van der Waals surface area contributed by atoms with Crippen LogP contribution in [0.5, 0.6) is 11.5 Å². The van der Waals surface area contributed by atoms with Crippen LogP contribution in [0.25, 0.3) is 22.1 Å². The Morgan fingerprint density at radius 1 is 0.851 bits per heavy atom. The molecule has 1 saturated heterocycles. The third kappa shape index (κ3) is 9.84. The lowest BCUT2D eigenvalue weighted by atomic mass is 10.1. The molecule has 2 aliphatic heterocycles. The summed E-state index contributed by atoms with van der Waals surface area (Å²) in [6, 6.07) is 7.55. The number of nitrogens with zero attached hydrogens (tertiary/aromatic N) is 9. The molecule has 0 spiro atoms. The van der Waals surface area contributed by atoms with Gasteiger partial charge in [0.05, 0.1) is 59.3 Å². The van der Waals surface area contributed by atoms with Crippen LogP contribution < -0.4 is 36.9 Å². The maximum atomic E-state index is 14.0. The van der Waals surface area contributed by atoms with E-state index in [1.165, 1.54) is 0 Å². The molecule has 0 saturated carbocycles. The monoisotopic (exact) mass is 984 g/mol. The van der Waals surface area contributed by atoms with Gasteiger partial charge in [-0.2, -0.15) is 10.2 Å². The Morgan fingerprint density at radius 3 is 2.25 bits per heavy atom. The number of halogens is 1. The fraction of sp³-hybridized carbons (Fsp3) is 0.432. The summed E-state index contributed by atoms with van der Waals surface area (Å²) in [5.74, 6) is -1.20. The van der Waals surface area contributed by atoms with Crippen molar-refractivity contribution < 1.29 is 38.2 Å². The smallest absolute Gasteiger partial charge is 0.277 e. The topological polar surface area (TPSA) is 276 Å². The van der Waals surface area contributed by atoms with Gasteiger partial charge < -0.3 is 40.1 Å². The number of carbonyl (C=O) groups excluding carboxylic acids is 5. The van der Waals surface area contributed by atoms with Gasteiger partial charge in [0, 0.05) is 50.4 Å². The van der Waals surface area contributed by atoms with E-state index in [0.717, 1.165) is 0 Å². The first kappa shape index (κ1) is 46.7. The largest absolute Gasteiger partial charge is 0.491 e. The van der Waals surface area contributed by atoms with Crippen molar-refractivity contribution in [2.24, 2.45) is 11.5 Å². The molecule has 22 nitrogen and oxygen atoms in total.